The first kappa shape index (κ1) is 33.8. The van der Waals surface area contributed by atoms with Crippen LogP contribution in [0.5, 0.6) is 5.75 Å². The molecule has 3 aliphatic rings. The average Bonchev–Trinajstić information content (AvgIpc) is 2.97. The van der Waals surface area contributed by atoms with E-state index in [1.807, 2.05) is 44.2 Å². The molecule has 0 spiro atoms. The van der Waals surface area contributed by atoms with E-state index in [9.17, 15) is 5.11 Å². The van der Waals surface area contributed by atoms with Crippen molar-refractivity contribution in [2.24, 2.45) is 4.99 Å². The molecule has 3 fully saturated rings. The first-order valence-corrected chi connectivity index (χ1v) is 16.8. The number of aliphatic imine (C=N–C) groups is 1. The van der Waals surface area contributed by atoms with Crippen LogP contribution in [-0.4, -0.2) is 35.1 Å². The van der Waals surface area contributed by atoms with Gasteiger partial charge in [0.1, 0.15) is 5.75 Å². The zero-order valence-electron chi connectivity index (χ0n) is 24.2. The number of hydrogen-bond acceptors (Lipinski definition) is 3. The van der Waals surface area contributed by atoms with Gasteiger partial charge in [-0.25, -0.2) is 0 Å². The van der Waals surface area contributed by atoms with Crippen molar-refractivity contribution in [3.63, 3.8) is 0 Å². The Labute approximate surface area is 252 Å². The summed E-state index contributed by atoms with van der Waals surface area (Å²) in [5.74, 6) is 0.252. The van der Waals surface area contributed by atoms with Crippen LogP contribution < -0.4 is 0 Å². The van der Waals surface area contributed by atoms with Gasteiger partial charge in [0.05, 0.1) is 22.7 Å². The van der Waals surface area contributed by atoms with E-state index in [2.05, 4.69) is 11.8 Å². The predicted octanol–water partition coefficient (Wildman–Crippen LogP) is 9.41. The zero-order valence-corrected chi connectivity index (χ0v) is 27.1. The van der Waals surface area contributed by atoms with Crippen molar-refractivity contribution in [3.05, 3.63) is 59.2 Å². The second-order valence-electron chi connectivity index (χ2n) is 11.6. The van der Waals surface area contributed by atoms with Gasteiger partial charge in [-0.1, -0.05) is 49.6 Å². The Hall–Kier alpha value is -1.37. The number of para-hydroxylation sites is 2. The van der Waals surface area contributed by atoms with Gasteiger partial charge >= 0.3 is 19.5 Å². The second kappa shape index (κ2) is 18.9. The molecular formula is C34H51NO2PRu. The van der Waals surface area contributed by atoms with Crippen molar-refractivity contribution >= 4 is 26.6 Å². The molecule has 0 amide bonds. The number of benzene rings is 2. The van der Waals surface area contributed by atoms with Crippen LogP contribution in [0.1, 0.15) is 113 Å². The van der Waals surface area contributed by atoms with Crippen molar-refractivity contribution in [1.82, 2.24) is 0 Å². The van der Waals surface area contributed by atoms with Gasteiger partial charge < -0.3 is 9.90 Å². The van der Waals surface area contributed by atoms with Crippen LogP contribution in [0.3, 0.4) is 0 Å². The third-order valence-corrected chi connectivity index (χ3v) is 13.5. The normalized spacial score (nSPS) is 18.9. The Morgan fingerprint density at radius 1 is 0.692 bits per heavy atom. The summed E-state index contributed by atoms with van der Waals surface area (Å²) in [6.45, 7) is 7.31. The quantitative estimate of drug-likeness (QED) is 0.117. The van der Waals surface area contributed by atoms with Crippen molar-refractivity contribution < 1.29 is 29.4 Å². The van der Waals surface area contributed by atoms with Crippen LogP contribution in [0.2, 0.25) is 0 Å². The molecule has 217 valence electrons. The number of phenolic OH excluding ortho intramolecular Hbond substituents is 1. The van der Waals surface area contributed by atoms with E-state index in [-0.39, 0.29) is 33.1 Å². The standard InChI is InChI=1S/C18H33P.C15H15NO.CHO.Ru.H/c1-4-10-16(11-5-1)19(17-12-6-2-7-13-17)18-14-8-3-9-15-18;1-11-6-5-7-12(2)15(11)16-10-13-8-3-4-9-14(13)17;1-2;;/h16-18H,1-15H2;3-10,17H,1-2H3;1H;;/q;;-1;;/p+1. The summed E-state index contributed by atoms with van der Waals surface area (Å²) < 4.78 is 0. The number of hydrogen-bond donors (Lipinski definition) is 1. The Morgan fingerprint density at radius 3 is 1.51 bits per heavy atom. The van der Waals surface area contributed by atoms with Crippen LogP contribution in [0.15, 0.2) is 47.5 Å². The van der Waals surface area contributed by atoms with Gasteiger partial charge in [-0.15, -0.1) is 0 Å². The van der Waals surface area contributed by atoms with Crippen LogP contribution >= 0.6 is 7.92 Å². The zero-order chi connectivity index (χ0) is 27.2. The number of aromatic hydroxyl groups is 1. The molecule has 0 radical (unpaired) electrons. The maximum absolute atomic E-state index is 9.64. The molecule has 0 atom stereocenters. The SMILES string of the molecule is C1CCC([PH+](C2CCCCC2)C2CCCCC2)CC1.Cc1cccc(C)c1N=Cc1ccccc1O.[CH-]=O.[RuH]. The van der Waals surface area contributed by atoms with Crippen molar-refractivity contribution in [3.8, 4) is 5.75 Å². The van der Waals surface area contributed by atoms with Gasteiger partial charge in [0.25, 0.3) is 0 Å². The molecule has 0 saturated heterocycles. The summed E-state index contributed by atoms with van der Waals surface area (Å²) in [7, 11) is -0.0465. The summed E-state index contributed by atoms with van der Waals surface area (Å²) in [4.78, 5) is 12.2. The third kappa shape index (κ3) is 10.5. The number of carbonyl (C=O) groups excluding carboxylic acids is 1. The minimum atomic E-state index is -0.0465. The molecule has 39 heavy (non-hydrogen) atoms. The summed E-state index contributed by atoms with van der Waals surface area (Å²) in [5.41, 5.74) is 7.65. The monoisotopic (exact) mass is 638 g/mol. The van der Waals surface area contributed by atoms with E-state index < -0.39 is 0 Å². The van der Waals surface area contributed by atoms with E-state index >= 15 is 0 Å². The van der Waals surface area contributed by atoms with Crippen LogP contribution in [0.4, 0.5) is 5.69 Å². The molecule has 5 heteroatoms. The average molecular weight is 638 g/mol. The van der Waals surface area contributed by atoms with Gasteiger partial charge in [-0.2, -0.15) is 0 Å². The maximum atomic E-state index is 9.64. The molecule has 2 aromatic carbocycles. The molecule has 1 N–H and O–H groups in total. The fourth-order valence-electron chi connectivity index (χ4n) is 7.05. The summed E-state index contributed by atoms with van der Waals surface area (Å²) in [6.07, 6.45) is 25.5. The molecule has 3 saturated carbocycles. The van der Waals surface area contributed by atoms with Crippen molar-refractivity contribution in [1.29, 1.82) is 0 Å². The van der Waals surface area contributed by atoms with Crippen molar-refractivity contribution in [2.45, 2.75) is 127 Å². The van der Waals surface area contributed by atoms with Crippen LogP contribution in [-0.2, 0) is 24.3 Å². The van der Waals surface area contributed by atoms with Crippen LogP contribution in [0, 0.1) is 13.8 Å². The predicted molar refractivity (Wildman–Crippen MR) is 168 cm³/mol. The molecule has 0 bridgehead atoms. The molecule has 0 unspecified atom stereocenters. The third-order valence-electron chi connectivity index (χ3n) is 8.94. The Bertz CT molecular complexity index is 916. The summed E-state index contributed by atoms with van der Waals surface area (Å²) >= 11 is 0. The van der Waals surface area contributed by atoms with E-state index in [1.165, 1.54) is 17.0 Å². The number of nitrogens with zero attached hydrogens (tertiary/aromatic N) is 1. The van der Waals surface area contributed by atoms with Gasteiger partial charge in [0.2, 0.25) is 0 Å². The molecule has 0 heterocycles. The second-order valence-corrected chi connectivity index (χ2v) is 15.0. The first-order valence-electron chi connectivity index (χ1n) is 15.1. The Morgan fingerprint density at radius 2 is 1.10 bits per heavy atom. The van der Waals surface area contributed by atoms with Gasteiger partial charge in [-0.05, 0) is 114 Å². The van der Waals surface area contributed by atoms with E-state index in [1.54, 1.807) is 115 Å². The molecule has 0 aliphatic heterocycles. The molecule has 3 aliphatic carbocycles. The Balaban J connectivity index is 0.000000253. The molecule has 3 nitrogen and oxygen atoms in total. The Kier molecular flexibility index (Phi) is 16.4. The van der Waals surface area contributed by atoms with Gasteiger partial charge in [-0.3, -0.25) is 11.8 Å². The minimum absolute atomic E-state index is 0. The molecule has 2 aromatic rings. The van der Waals surface area contributed by atoms with Gasteiger partial charge in [0.15, 0.2) is 0 Å². The van der Waals surface area contributed by atoms with E-state index in [0.29, 0.717) is 0 Å². The fraction of sp³-hybridized carbons (Fsp3) is 0.588. The molecule has 5 rings (SSSR count). The molecular weight excluding hydrogens is 586 g/mol. The number of rotatable bonds is 5. The van der Waals surface area contributed by atoms with Crippen LogP contribution in [0.25, 0.3) is 0 Å². The summed E-state index contributed by atoms with van der Waals surface area (Å²) in [6, 6.07) is 13.3. The van der Waals surface area contributed by atoms with E-state index in [0.717, 1.165) is 22.4 Å². The topological polar surface area (TPSA) is 49.7 Å². The van der Waals surface area contributed by atoms with E-state index in [4.69, 9.17) is 4.79 Å². The van der Waals surface area contributed by atoms with Gasteiger partial charge in [0, 0.05) is 19.7 Å². The molecule has 0 aromatic heterocycles. The first-order chi connectivity index (χ1) is 18.6. The summed E-state index contributed by atoms with van der Waals surface area (Å²) in [5, 5.41) is 9.64. The fourth-order valence-corrected chi connectivity index (χ4v) is 12.3. The number of aryl methyl sites for hydroxylation is 2. The van der Waals surface area contributed by atoms with Crippen molar-refractivity contribution in [2.75, 3.05) is 0 Å². The number of phenols is 1.